The molecule has 0 radical (unpaired) electrons. The molecule has 0 fully saturated rings. The van der Waals surface area contributed by atoms with E-state index in [-0.39, 0.29) is 6.61 Å². The lowest BCUT2D eigenvalue weighted by molar-refractivity contribution is -0.159. The molecule has 0 bridgehead atoms. The average molecular weight is 355 g/mol. The van der Waals surface area contributed by atoms with E-state index in [4.69, 9.17) is 34.4 Å². The van der Waals surface area contributed by atoms with E-state index in [1.54, 1.807) is 7.11 Å². The minimum Gasteiger partial charge on any atom is -0.497 e. The van der Waals surface area contributed by atoms with Gasteiger partial charge >= 0.3 is 11.9 Å². The zero-order valence-corrected chi connectivity index (χ0v) is 14.2. The van der Waals surface area contributed by atoms with E-state index in [2.05, 4.69) is 11.9 Å². The minimum atomic E-state index is -1.82. The highest BCUT2D eigenvalue weighted by atomic mass is 16.5. The molecule has 0 amide bonds. The number of benzene rings is 1. The number of methoxy groups -OCH3 is 1. The molecule has 25 heavy (non-hydrogen) atoms. The number of hydrogen-bond acceptors (Lipinski definition) is 6. The SMILES string of the molecule is C=CCc1cc(OC)ccc1OCCCNCCO.O=C(O)C(=O)O. The van der Waals surface area contributed by atoms with E-state index in [1.165, 1.54) is 0 Å². The Balaban J connectivity index is 0.000000823. The van der Waals surface area contributed by atoms with Crippen molar-refractivity contribution in [2.45, 2.75) is 12.8 Å². The number of carboxylic acid groups (broad SMARTS) is 2. The van der Waals surface area contributed by atoms with Gasteiger partial charge in [0.15, 0.2) is 0 Å². The van der Waals surface area contributed by atoms with Crippen LogP contribution in [-0.4, -0.2) is 60.7 Å². The number of hydrogen-bond donors (Lipinski definition) is 4. The first kappa shape index (κ1) is 22.4. The number of ether oxygens (including phenoxy) is 2. The first-order chi connectivity index (χ1) is 12.0. The van der Waals surface area contributed by atoms with Crippen LogP contribution in [0.3, 0.4) is 0 Å². The number of aliphatic carboxylic acids is 2. The molecule has 0 aromatic heterocycles. The molecule has 0 unspecified atom stereocenters. The highest BCUT2D eigenvalue weighted by Gasteiger charge is 2.05. The molecular formula is C17H25NO7. The number of allylic oxidation sites excluding steroid dienone is 1. The standard InChI is InChI=1S/C15H23NO3.C2H2O4/c1-3-5-13-12-14(18-2)6-7-15(13)19-11-4-8-16-9-10-17;3-1(4)2(5)6/h3,6-7,12,16-17H,1,4-5,8-11H2,2H3;(H,3,4)(H,5,6). The molecule has 4 N–H and O–H groups in total. The topological polar surface area (TPSA) is 125 Å². The smallest absolute Gasteiger partial charge is 0.414 e. The van der Waals surface area contributed by atoms with E-state index < -0.39 is 11.9 Å². The predicted molar refractivity (Wildman–Crippen MR) is 92.2 cm³/mol. The lowest BCUT2D eigenvalue weighted by Crippen LogP contribution is -2.20. The summed E-state index contributed by atoms with van der Waals surface area (Å²) in [5.74, 6) is -1.94. The Morgan fingerprint density at radius 1 is 1.24 bits per heavy atom. The second kappa shape index (κ2) is 13.8. The van der Waals surface area contributed by atoms with E-state index in [1.807, 2.05) is 24.3 Å². The number of nitrogens with one attached hydrogen (secondary N) is 1. The third-order valence-electron chi connectivity index (χ3n) is 2.86. The first-order valence-corrected chi connectivity index (χ1v) is 7.64. The number of carbonyl (C=O) groups is 2. The van der Waals surface area contributed by atoms with Crippen molar-refractivity contribution in [1.82, 2.24) is 5.32 Å². The second-order valence-corrected chi connectivity index (χ2v) is 4.75. The van der Waals surface area contributed by atoms with E-state index >= 15 is 0 Å². The monoisotopic (exact) mass is 355 g/mol. The highest BCUT2D eigenvalue weighted by Crippen LogP contribution is 2.25. The third-order valence-corrected chi connectivity index (χ3v) is 2.86. The maximum absolute atomic E-state index is 9.10. The quantitative estimate of drug-likeness (QED) is 0.277. The number of aliphatic hydroxyl groups excluding tert-OH is 1. The van der Waals surface area contributed by atoms with Crippen molar-refractivity contribution < 1.29 is 34.4 Å². The van der Waals surface area contributed by atoms with Crippen molar-refractivity contribution >= 4 is 11.9 Å². The molecular weight excluding hydrogens is 330 g/mol. The molecule has 0 atom stereocenters. The van der Waals surface area contributed by atoms with Gasteiger partial charge in [-0.15, -0.1) is 6.58 Å². The van der Waals surface area contributed by atoms with Gasteiger partial charge in [-0.05, 0) is 37.6 Å². The molecule has 1 aromatic rings. The van der Waals surface area contributed by atoms with Gasteiger partial charge in [-0.1, -0.05) is 6.08 Å². The fraction of sp³-hybridized carbons (Fsp3) is 0.412. The van der Waals surface area contributed by atoms with E-state index in [9.17, 15) is 0 Å². The Morgan fingerprint density at radius 3 is 2.44 bits per heavy atom. The summed E-state index contributed by atoms with van der Waals surface area (Å²) in [6.45, 7) is 6.04. The Hall–Kier alpha value is -2.58. The molecule has 0 aliphatic heterocycles. The normalized spacial score (nSPS) is 9.52. The van der Waals surface area contributed by atoms with Gasteiger partial charge in [-0.3, -0.25) is 0 Å². The first-order valence-electron chi connectivity index (χ1n) is 7.64. The third kappa shape index (κ3) is 10.7. The van der Waals surface area contributed by atoms with Crippen LogP contribution in [0.15, 0.2) is 30.9 Å². The van der Waals surface area contributed by atoms with Crippen molar-refractivity contribution in [3.8, 4) is 11.5 Å². The summed E-state index contributed by atoms with van der Waals surface area (Å²) >= 11 is 0. The van der Waals surface area contributed by atoms with Gasteiger partial charge in [0.1, 0.15) is 11.5 Å². The molecule has 0 aliphatic rings. The van der Waals surface area contributed by atoms with Crippen molar-refractivity contribution in [3.63, 3.8) is 0 Å². The molecule has 140 valence electrons. The van der Waals surface area contributed by atoms with Crippen LogP contribution in [0.4, 0.5) is 0 Å². The fourth-order valence-electron chi connectivity index (χ4n) is 1.72. The number of aliphatic hydroxyl groups is 1. The maximum Gasteiger partial charge on any atom is 0.414 e. The summed E-state index contributed by atoms with van der Waals surface area (Å²) < 4.78 is 11.0. The molecule has 8 nitrogen and oxygen atoms in total. The van der Waals surface area contributed by atoms with Crippen LogP contribution in [0, 0.1) is 0 Å². The molecule has 1 rings (SSSR count). The fourth-order valence-corrected chi connectivity index (χ4v) is 1.72. The summed E-state index contributed by atoms with van der Waals surface area (Å²) in [5.41, 5.74) is 1.08. The number of carboxylic acids is 2. The summed E-state index contributed by atoms with van der Waals surface area (Å²) in [5, 5.41) is 26.5. The van der Waals surface area contributed by atoms with Crippen LogP contribution in [0.5, 0.6) is 11.5 Å². The Morgan fingerprint density at radius 2 is 1.92 bits per heavy atom. The van der Waals surface area contributed by atoms with Gasteiger partial charge in [0.05, 0.1) is 20.3 Å². The van der Waals surface area contributed by atoms with Crippen LogP contribution in [0.1, 0.15) is 12.0 Å². The van der Waals surface area contributed by atoms with Gasteiger partial charge < -0.3 is 30.1 Å². The van der Waals surface area contributed by atoms with Crippen LogP contribution in [0.2, 0.25) is 0 Å². The molecule has 0 heterocycles. The van der Waals surface area contributed by atoms with Gasteiger partial charge in [-0.25, -0.2) is 9.59 Å². The van der Waals surface area contributed by atoms with Crippen LogP contribution >= 0.6 is 0 Å². The zero-order valence-electron chi connectivity index (χ0n) is 14.2. The van der Waals surface area contributed by atoms with Gasteiger partial charge in [0, 0.05) is 12.1 Å². The van der Waals surface area contributed by atoms with Crippen LogP contribution in [0.25, 0.3) is 0 Å². The largest absolute Gasteiger partial charge is 0.497 e. The molecule has 0 spiro atoms. The maximum atomic E-state index is 9.10. The van der Waals surface area contributed by atoms with E-state index in [0.717, 1.165) is 36.4 Å². The Bertz CT molecular complexity index is 534. The molecule has 1 aromatic carbocycles. The van der Waals surface area contributed by atoms with Crippen molar-refractivity contribution in [1.29, 1.82) is 0 Å². The second-order valence-electron chi connectivity index (χ2n) is 4.75. The molecule has 8 heteroatoms. The summed E-state index contributed by atoms with van der Waals surface area (Å²) in [6, 6.07) is 5.80. The minimum absolute atomic E-state index is 0.169. The van der Waals surface area contributed by atoms with E-state index in [0.29, 0.717) is 13.2 Å². The van der Waals surface area contributed by atoms with Crippen molar-refractivity contribution in [3.05, 3.63) is 36.4 Å². The van der Waals surface area contributed by atoms with Crippen LogP contribution in [-0.2, 0) is 16.0 Å². The summed E-state index contributed by atoms with van der Waals surface area (Å²) in [7, 11) is 1.65. The highest BCUT2D eigenvalue weighted by molar-refractivity contribution is 6.27. The Kier molecular flexibility index (Phi) is 12.4. The summed E-state index contributed by atoms with van der Waals surface area (Å²) in [4.78, 5) is 18.2. The lowest BCUT2D eigenvalue weighted by atomic mass is 10.1. The molecule has 0 aliphatic carbocycles. The van der Waals surface area contributed by atoms with Gasteiger partial charge in [-0.2, -0.15) is 0 Å². The van der Waals surface area contributed by atoms with Crippen molar-refractivity contribution in [2.24, 2.45) is 0 Å². The number of rotatable bonds is 10. The van der Waals surface area contributed by atoms with Gasteiger partial charge in [0.25, 0.3) is 0 Å². The predicted octanol–water partition coefficient (Wildman–Crippen LogP) is 0.930. The zero-order chi connectivity index (χ0) is 19.1. The lowest BCUT2D eigenvalue weighted by Gasteiger charge is -2.12. The van der Waals surface area contributed by atoms with Crippen LogP contribution < -0.4 is 14.8 Å². The molecule has 0 saturated heterocycles. The molecule has 0 saturated carbocycles. The summed E-state index contributed by atoms with van der Waals surface area (Å²) in [6.07, 6.45) is 3.51. The van der Waals surface area contributed by atoms with Gasteiger partial charge in [0.2, 0.25) is 0 Å². The Labute approximate surface area is 146 Å². The average Bonchev–Trinajstić information content (AvgIpc) is 2.59. The van der Waals surface area contributed by atoms with Crippen molar-refractivity contribution in [2.75, 3.05) is 33.4 Å².